The molecule has 0 aliphatic rings. The zero-order valence-electron chi connectivity index (χ0n) is 11.2. The third-order valence-electron chi connectivity index (χ3n) is 2.46. The molecule has 0 saturated heterocycles. The van der Waals surface area contributed by atoms with Gasteiger partial charge in [0.25, 0.3) is 0 Å². The summed E-state index contributed by atoms with van der Waals surface area (Å²) in [4.78, 5) is 11.1. The minimum absolute atomic E-state index is 0.204. The maximum atomic E-state index is 12.2. The summed E-state index contributed by atoms with van der Waals surface area (Å²) in [6.45, 7) is 6.57. The van der Waals surface area contributed by atoms with Crippen molar-refractivity contribution in [1.29, 1.82) is 0 Å². The molecule has 17 heavy (non-hydrogen) atoms. The van der Waals surface area contributed by atoms with Crippen molar-refractivity contribution in [3.05, 3.63) is 0 Å². The van der Waals surface area contributed by atoms with Crippen molar-refractivity contribution in [2.45, 2.75) is 46.5 Å². The summed E-state index contributed by atoms with van der Waals surface area (Å²) in [5.41, 5.74) is 0. The van der Waals surface area contributed by atoms with E-state index in [4.69, 9.17) is 9.26 Å². The number of rotatable bonds is 10. The molecular weight excluding hydrogens is 239 g/mol. The van der Waals surface area contributed by atoms with Gasteiger partial charge in [-0.05, 0) is 12.8 Å². The van der Waals surface area contributed by atoms with Crippen LogP contribution in [0.25, 0.3) is 0 Å². The lowest BCUT2D eigenvalue weighted by atomic mass is 10.3. The summed E-state index contributed by atoms with van der Waals surface area (Å²) in [5, 5.41) is 0. The first kappa shape index (κ1) is 16.7. The summed E-state index contributed by atoms with van der Waals surface area (Å²) in [6.07, 6.45) is 3.98. The molecule has 0 amide bonds. The van der Waals surface area contributed by atoms with E-state index in [0.717, 1.165) is 19.3 Å². The molecule has 4 nitrogen and oxygen atoms in total. The molecule has 0 aliphatic carbocycles. The maximum absolute atomic E-state index is 12.2. The molecule has 0 spiro atoms. The number of unbranched alkanes of at least 4 members (excludes halogenated alkanes) is 1. The number of carbonyl (C=O) groups is 1. The van der Waals surface area contributed by atoms with Crippen LogP contribution < -0.4 is 0 Å². The number of ether oxygens (including phenoxy) is 1. The van der Waals surface area contributed by atoms with Gasteiger partial charge in [-0.15, -0.1) is 0 Å². The summed E-state index contributed by atoms with van der Waals surface area (Å²) in [5.74, 6) is -0.219. The number of hydrogen-bond donors (Lipinski definition) is 0. The second-order valence-electron chi connectivity index (χ2n) is 4.01. The number of carbonyl (C=O) groups excluding carboxylic acids is 1. The molecule has 0 radical (unpaired) electrons. The molecule has 0 rings (SSSR count). The van der Waals surface area contributed by atoms with E-state index < -0.39 is 7.37 Å². The lowest BCUT2D eigenvalue weighted by Gasteiger charge is -2.16. The van der Waals surface area contributed by atoms with Crippen molar-refractivity contribution in [3.63, 3.8) is 0 Å². The Morgan fingerprint density at radius 2 is 1.82 bits per heavy atom. The quantitative estimate of drug-likeness (QED) is 0.344. The monoisotopic (exact) mass is 264 g/mol. The van der Waals surface area contributed by atoms with E-state index in [2.05, 4.69) is 6.92 Å². The van der Waals surface area contributed by atoms with Gasteiger partial charge in [-0.2, -0.15) is 0 Å². The van der Waals surface area contributed by atoms with Crippen molar-refractivity contribution in [1.82, 2.24) is 0 Å². The minimum atomic E-state index is -2.58. The summed E-state index contributed by atoms with van der Waals surface area (Å²) >= 11 is 0. The van der Waals surface area contributed by atoms with Gasteiger partial charge < -0.3 is 9.26 Å². The molecule has 0 saturated carbocycles. The molecule has 0 heterocycles. The van der Waals surface area contributed by atoms with Gasteiger partial charge >= 0.3 is 5.97 Å². The highest BCUT2D eigenvalue weighted by Crippen LogP contribution is 2.46. The largest absolute Gasteiger partial charge is 0.465 e. The molecule has 1 unspecified atom stereocenters. The zero-order valence-corrected chi connectivity index (χ0v) is 12.1. The summed E-state index contributed by atoms with van der Waals surface area (Å²) in [6, 6.07) is 0. The average molecular weight is 264 g/mol. The van der Waals surface area contributed by atoms with Gasteiger partial charge in [-0.3, -0.25) is 9.36 Å². The van der Waals surface area contributed by atoms with E-state index >= 15 is 0 Å². The molecule has 5 heteroatoms. The van der Waals surface area contributed by atoms with Gasteiger partial charge in [0.15, 0.2) is 0 Å². The first-order valence-corrected chi connectivity index (χ1v) is 8.45. The van der Waals surface area contributed by atoms with E-state index in [1.54, 1.807) is 0 Å². The van der Waals surface area contributed by atoms with E-state index in [1.807, 2.05) is 13.8 Å². The fourth-order valence-electron chi connectivity index (χ4n) is 1.26. The molecule has 102 valence electrons. The zero-order chi connectivity index (χ0) is 13.1. The molecule has 0 N–H and O–H groups in total. The molecule has 0 aromatic carbocycles. The highest BCUT2D eigenvalue weighted by Gasteiger charge is 2.20. The van der Waals surface area contributed by atoms with Gasteiger partial charge in [-0.1, -0.05) is 27.2 Å². The van der Waals surface area contributed by atoms with Crippen molar-refractivity contribution < 1.29 is 18.6 Å². The van der Waals surface area contributed by atoms with Crippen LogP contribution in [0.1, 0.15) is 46.5 Å². The van der Waals surface area contributed by atoms with Crippen LogP contribution in [0.15, 0.2) is 0 Å². The second-order valence-corrected chi connectivity index (χ2v) is 6.98. The van der Waals surface area contributed by atoms with Gasteiger partial charge in [-0.25, -0.2) is 0 Å². The van der Waals surface area contributed by atoms with Crippen LogP contribution in [0.2, 0.25) is 0 Å². The Morgan fingerprint density at radius 1 is 1.12 bits per heavy atom. The lowest BCUT2D eigenvalue weighted by Crippen LogP contribution is -2.10. The standard InChI is InChI=1S/C12H25O4P/c1-4-7-9-16-17(14,6-3)11-10-15-12(13)8-5-2/h4-11H2,1-3H3. The van der Waals surface area contributed by atoms with E-state index in [9.17, 15) is 9.36 Å². The van der Waals surface area contributed by atoms with E-state index in [1.165, 1.54) is 0 Å². The van der Waals surface area contributed by atoms with Gasteiger partial charge in [0, 0.05) is 12.6 Å². The van der Waals surface area contributed by atoms with E-state index in [-0.39, 0.29) is 12.6 Å². The molecule has 0 aliphatic heterocycles. The Balaban J connectivity index is 3.86. The Labute approximate surface area is 105 Å². The third-order valence-corrected chi connectivity index (χ3v) is 4.94. The molecule has 0 aromatic heterocycles. The smallest absolute Gasteiger partial charge is 0.305 e. The average Bonchev–Trinajstić information content (AvgIpc) is 2.30. The second kappa shape index (κ2) is 9.67. The predicted molar refractivity (Wildman–Crippen MR) is 69.7 cm³/mol. The van der Waals surface area contributed by atoms with E-state index in [0.29, 0.717) is 25.4 Å². The van der Waals surface area contributed by atoms with Crippen LogP contribution in [0.5, 0.6) is 0 Å². The summed E-state index contributed by atoms with van der Waals surface area (Å²) < 4.78 is 22.6. The van der Waals surface area contributed by atoms with Crippen LogP contribution >= 0.6 is 7.37 Å². The Kier molecular flexibility index (Phi) is 9.47. The first-order valence-electron chi connectivity index (χ1n) is 6.46. The van der Waals surface area contributed by atoms with Crippen molar-refractivity contribution in [2.24, 2.45) is 0 Å². The van der Waals surface area contributed by atoms with Gasteiger partial charge in [0.2, 0.25) is 7.37 Å². The molecule has 0 fully saturated rings. The fourth-order valence-corrected chi connectivity index (χ4v) is 2.72. The lowest BCUT2D eigenvalue weighted by molar-refractivity contribution is -0.143. The minimum Gasteiger partial charge on any atom is -0.465 e. The predicted octanol–water partition coefficient (Wildman–Crippen LogP) is 3.44. The first-order chi connectivity index (χ1) is 8.08. The van der Waals surface area contributed by atoms with Crippen molar-refractivity contribution in [3.8, 4) is 0 Å². The van der Waals surface area contributed by atoms with Crippen LogP contribution in [0.4, 0.5) is 0 Å². The van der Waals surface area contributed by atoms with Gasteiger partial charge in [0.05, 0.1) is 12.8 Å². The fraction of sp³-hybridized carbons (Fsp3) is 0.917. The van der Waals surface area contributed by atoms with Crippen molar-refractivity contribution >= 4 is 13.3 Å². The SMILES string of the molecule is CCCCOP(=O)(CC)CCOC(=O)CCC. The van der Waals surface area contributed by atoms with Gasteiger partial charge in [0.1, 0.15) is 6.61 Å². The Bertz CT molecular complexity index is 253. The number of esters is 1. The molecular formula is C12H25O4P. The molecule has 0 bridgehead atoms. The highest BCUT2D eigenvalue weighted by atomic mass is 31.2. The molecule has 0 aromatic rings. The van der Waals surface area contributed by atoms with Crippen LogP contribution in [0, 0.1) is 0 Å². The van der Waals surface area contributed by atoms with Crippen LogP contribution in [0.3, 0.4) is 0 Å². The van der Waals surface area contributed by atoms with Crippen molar-refractivity contribution in [2.75, 3.05) is 25.5 Å². The Hall–Kier alpha value is -0.340. The number of hydrogen-bond acceptors (Lipinski definition) is 4. The molecule has 1 atom stereocenters. The topological polar surface area (TPSA) is 52.6 Å². The van der Waals surface area contributed by atoms with Crippen LogP contribution in [-0.2, 0) is 18.6 Å². The third kappa shape index (κ3) is 8.39. The summed E-state index contributed by atoms with van der Waals surface area (Å²) in [7, 11) is -2.58. The van der Waals surface area contributed by atoms with Crippen LogP contribution in [-0.4, -0.2) is 31.5 Å². The maximum Gasteiger partial charge on any atom is 0.305 e. The highest BCUT2D eigenvalue weighted by molar-refractivity contribution is 7.58. The normalized spacial score (nSPS) is 14.3. The Morgan fingerprint density at radius 3 is 2.35 bits per heavy atom.